The van der Waals surface area contributed by atoms with Crippen LogP contribution in [0.2, 0.25) is 0 Å². The Morgan fingerprint density at radius 1 is 0.963 bits per heavy atom. The van der Waals surface area contributed by atoms with E-state index in [-0.39, 0.29) is 0 Å². The molecule has 0 aromatic carbocycles. The molecule has 0 heterocycles. The zero-order chi connectivity index (χ0) is 19.4. The average molecular weight is 375 g/mol. The Morgan fingerprint density at radius 2 is 1.67 bits per heavy atom. The maximum Gasteiger partial charge on any atom is 0.136 e. The van der Waals surface area contributed by atoms with Crippen LogP contribution in [0, 0.1) is 40.4 Å². The van der Waals surface area contributed by atoms with Crippen LogP contribution in [0.4, 0.5) is 0 Å². The number of fused-ring (bicyclic) bond motifs is 5. The van der Waals surface area contributed by atoms with Crippen LogP contribution in [-0.2, 0) is 9.53 Å². The summed E-state index contributed by atoms with van der Waals surface area (Å²) in [5.74, 6) is 4.33. The number of carbonyl (C=O) groups excluding carboxylic acids is 1. The van der Waals surface area contributed by atoms with Gasteiger partial charge in [-0.2, -0.15) is 0 Å². The van der Waals surface area contributed by atoms with E-state index in [1.165, 1.54) is 57.8 Å². The second-order valence-electron chi connectivity index (χ2n) is 11.2. The number of ketones is 1. The summed E-state index contributed by atoms with van der Waals surface area (Å²) in [6.07, 6.45) is 13.4. The van der Waals surface area contributed by atoms with Crippen molar-refractivity contribution in [2.75, 3.05) is 0 Å². The Morgan fingerprint density at radius 3 is 2.37 bits per heavy atom. The fraction of sp³-hybridized carbons (Fsp3) is 0.960. The normalized spacial score (nSPS) is 49.4. The summed E-state index contributed by atoms with van der Waals surface area (Å²) < 4.78 is 6.22. The molecule has 0 N–H and O–H groups in total. The zero-order valence-corrected chi connectivity index (χ0v) is 18.4. The Balaban J connectivity index is 1.52. The molecule has 0 aromatic heterocycles. The molecular weight excluding hydrogens is 332 g/mol. The monoisotopic (exact) mass is 374 g/mol. The molecule has 4 fully saturated rings. The highest BCUT2D eigenvalue weighted by atomic mass is 16.5. The van der Waals surface area contributed by atoms with Crippen LogP contribution < -0.4 is 0 Å². The minimum absolute atomic E-state index is 0.301. The number of hydrogen-bond acceptors (Lipinski definition) is 2. The van der Waals surface area contributed by atoms with Crippen molar-refractivity contribution in [2.24, 2.45) is 40.4 Å². The van der Waals surface area contributed by atoms with Crippen LogP contribution in [-0.4, -0.2) is 18.0 Å². The van der Waals surface area contributed by atoms with Gasteiger partial charge in [0, 0.05) is 12.3 Å². The Bertz CT molecular complexity index is 569. The SMILES string of the molecule is CCC(=O)[C@H]1CC[C@H]2[C@@H]3CC[C@H]4C[C@H](OC(C)C)CC[C@]4(C)[C@H]3CC[C@]12C. The van der Waals surface area contributed by atoms with E-state index >= 15 is 0 Å². The van der Waals surface area contributed by atoms with Crippen molar-refractivity contribution in [1.82, 2.24) is 0 Å². The number of hydrogen-bond donors (Lipinski definition) is 0. The van der Waals surface area contributed by atoms with Crippen molar-refractivity contribution in [3.63, 3.8) is 0 Å². The predicted octanol–water partition coefficient (Wildman–Crippen LogP) is 6.42. The lowest BCUT2D eigenvalue weighted by Gasteiger charge is -2.61. The molecule has 2 heteroatoms. The Labute approximate surface area is 167 Å². The summed E-state index contributed by atoms with van der Waals surface area (Å²) >= 11 is 0. The van der Waals surface area contributed by atoms with Gasteiger partial charge in [-0.1, -0.05) is 20.8 Å². The molecule has 154 valence electrons. The molecule has 0 amide bonds. The standard InChI is InChI=1S/C25H42O2/c1-6-23(26)22-10-9-20-19-8-7-17-15-18(27-16(2)3)11-13-24(17,4)21(19)12-14-25(20,22)5/h16-22H,6-15H2,1-5H3/t17-,18+,19-,20-,21-,22+,24-,25-/m0/s1. The van der Waals surface area contributed by atoms with Gasteiger partial charge in [0.25, 0.3) is 0 Å². The number of ether oxygens (including phenoxy) is 1. The van der Waals surface area contributed by atoms with Crippen molar-refractivity contribution in [3.8, 4) is 0 Å². The van der Waals surface area contributed by atoms with Crippen molar-refractivity contribution in [1.29, 1.82) is 0 Å². The van der Waals surface area contributed by atoms with Crippen molar-refractivity contribution in [3.05, 3.63) is 0 Å². The average Bonchev–Trinajstić information content (AvgIpc) is 2.98. The van der Waals surface area contributed by atoms with Crippen molar-refractivity contribution >= 4 is 5.78 Å². The largest absolute Gasteiger partial charge is 0.376 e. The van der Waals surface area contributed by atoms with Gasteiger partial charge >= 0.3 is 0 Å². The third kappa shape index (κ3) is 3.13. The molecular formula is C25H42O2. The molecule has 4 aliphatic carbocycles. The smallest absolute Gasteiger partial charge is 0.136 e. The molecule has 4 rings (SSSR count). The first-order chi connectivity index (χ1) is 12.8. The molecule has 0 unspecified atom stereocenters. The molecule has 0 bridgehead atoms. The lowest BCUT2D eigenvalue weighted by molar-refractivity contribution is -0.146. The van der Waals surface area contributed by atoms with E-state index in [2.05, 4.69) is 34.6 Å². The van der Waals surface area contributed by atoms with E-state index in [1.54, 1.807) is 0 Å². The van der Waals surface area contributed by atoms with Crippen LogP contribution in [0.25, 0.3) is 0 Å². The second kappa shape index (κ2) is 7.15. The van der Waals surface area contributed by atoms with Crippen molar-refractivity contribution in [2.45, 2.75) is 111 Å². The molecule has 27 heavy (non-hydrogen) atoms. The Kier molecular flexibility index (Phi) is 5.28. The summed E-state index contributed by atoms with van der Waals surface area (Å²) in [6.45, 7) is 11.5. The van der Waals surface area contributed by atoms with E-state index in [0.717, 1.165) is 30.1 Å². The number of rotatable bonds is 4. The molecule has 2 nitrogen and oxygen atoms in total. The summed E-state index contributed by atoms with van der Waals surface area (Å²) in [7, 11) is 0. The van der Waals surface area contributed by atoms with E-state index < -0.39 is 0 Å². The van der Waals surface area contributed by atoms with Crippen molar-refractivity contribution < 1.29 is 9.53 Å². The van der Waals surface area contributed by atoms with Gasteiger partial charge < -0.3 is 4.74 Å². The fourth-order valence-corrected chi connectivity index (χ4v) is 8.50. The summed E-state index contributed by atoms with van der Waals surface area (Å²) in [6, 6.07) is 0. The van der Waals surface area contributed by atoms with Crippen LogP contribution in [0.5, 0.6) is 0 Å². The van der Waals surface area contributed by atoms with Gasteiger partial charge in [-0.15, -0.1) is 0 Å². The van der Waals surface area contributed by atoms with Gasteiger partial charge in [0.05, 0.1) is 12.2 Å². The predicted molar refractivity (Wildman–Crippen MR) is 111 cm³/mol. The number of carbonyl (C=O) groups is 1. The highest BCUT2D eigenvalue weighted by molar-refractivity contribution is 5.81. The van der Waals surface area contributed by atoms with Crippen LogP contribution in [0.1, 0.15) is 98.8 Å². The Hall–Kier alpha value is -0.370. The van der Waals surface area contributed by atoms with Gasteiger partial charge in [-0.05, 0) is 106 Å². The molecule has 0 aliphatic heterocycles. The van der Waals surface area contributed by atoms with Gasteiger partial charge in [-0.3, -0.25) is 4.79 Å². The van der Waals surface area contributed by atoms with E-state index in [1.807, 2.05) is 0 Å². The molecule has 4 aliphatic rings. The van der Waals surface area contributed by atoms with Crippen LogP contribution in [0.15, 0.2) is 0 Å². The summed E-state index contributed by atoms with van der Waals surface area (Å²) in [4.78, 5) is 12.6. The minimum atomic E-state index is 0.301. The molecule has 0 radical (unpaired) electrons. The highest BCUT2D eigenvalue weighted by Gasteiger charge is 2.61. The molecule has 0 saturated heterocycles. The van der Waals surface area contributed by atoms with E-state index in [9.17, 15) is 4.79 Å². The maximum absolute atomic E-state index is 12.6. The third-order valence-corrected chi connectivity index (χ3v) is 9.82. The molecule has 0 aromatic rings. The van der Waals surface area contributed by atoms with E-state index in [4.69, 9.17) is 4.74 Å². The lowest BCUT2D eigenvalue weighted by atomic mass is 9.44. The quantitative estimate of drug-likeness (QED) is 0.567. The molecule has 0 spiro atoms. The van der Waals surface area contributed by atoms with Gasteiger partial charge in [0.1, 0.15) is 5.78 Å². The summed E-state index contributed by atoms with van der Waals surface area (Å²) in [5.41, 5.74) is 0.823. The van der Waals surface area contributed by atoms with Gasteiger partial charge in [0.2, 0.25) is 0 Å². The minimum Gasteiger partial charge on any atom is -0.376 e. The summed E-state index contributed by atoms with van der Waals surface area (Å²) in [5, 5.41) is 0. The fourth-order valence-electron chi connectivity index (χ4n) is 8.50. The molecule has 8 atom stereocenters. The topological polar surface area (TPSA) is 26.3 Å². The number of Topliss-reactive ketones (excluding diaryl/α,β-unsaturated/α-hetero) is 1. The highest BCUT2D eigenvalue weighted by Crippen LogP contribution is 2.67. The van der Waals surface area contributed by atoms with Crippen LogP contribution >= 0.6 is 0 Å². The maximum atomic E-state index is 12.6. The van der Waals surface area contributed by atoms with Crippen LogP contribution in [0.3, 0.4) is 0 Å². The second-order valence-corrected chi connectivity index (χ2v) is 11.2. The first-order valence-electron chi connectivity index (χ1n) is 12.0. The third-order valence-electron chi connectivity index (χ3n) is 9.82. The zero-order valence-electron chi connectivity index (χ0n) is 18.4. The first kappa shape index (κ1) is 19.9. The lowest BCUT2D eigenvalue weighted by Crippen LogP contribution is -2.54. The first-order valence-corrected chi connectivity index (χ1v) is 12.0. The molecule has 4 saturated carbocycles. The van der Waals surface area contributed by atoms with Gasteiger partial charge in [0.15, 0.2) is 0 Å². The van der Waals surface area contributed by atoms with Gasteiger partial charge in [-0.25, -0.2) is 0 Å². The van der Waals surface area contributed by atoms with E-state index in [0.29, 0.717) is 34.7 Å².